The Hall–Kier alpha value is -2.82. The lowest BCUT2D eigenvalue weighted by molar-refractivity contribution is -0.126. The molecule has 0 spiro atoms. The normalized spacial score (nSPS) is 16.4. The van der Waals surface area contributed by atoms with E-state index in [0.717, 1.165) is 34.5 Å². The van der Waals surface area contributed by atoms with Gasteiger partial charge in [0.15, 0.2) is 0 Å². The molecule has 5 nitrogen and oxygen atoms in total. The smallest absolute Gasteiger partial charge is 0.227 e. The molecule has 1 atom stereocenters. The van der Waals surface area contributed by atoms with Gasteiger partial charge in [-0.25, -0.2) is 0 Å². The highest BCUT2D eigenvalue weighted by atomic mass is 16.5. The van der Waals surface area contributed by atoms with Crippen molar-refractivity contribution in [1.82, 2.24) is 5.32 Å². The second-order valence-corrected chi connectivity index (χ2v) is 7.54. The quantitative estimate of drug-likeness (QED) is 0.836. The van der Waals surface area contributed by atoms with E-state index in [1.807, 2.05) is 38.1 Å². The van der Waals surface area contributed by atoms with Crippen LogP contribution in [0.2, 0.25) is 0 Å². The summed E-state index contributed by atoms with van der Waals surface area (Å²) >= 11 is 0. The molecule has 1 fully saturated rings. The molecule has 0 aliphatic carbocycles. The van der Waals surface area contributed by atoms with Crippen LogP contribution in [0.5, 0.6) is 5.75 Å². The lowest BCUT2D eigenvalue weighted by Gasteiger charge is -2.22. The van der Waals surface area contributed by atoms with Gasteiger partial charge in [-0.1, -0.05) is 29.8 Å². The summed E-state index contributed by atoms with van der Waals surface area (Å²) in [7, 11) is 1.64. The van der Waals surface area contributed by atoms with Crippen LogP contribution in [-0.4, -0.2) is 32.0 Å². The molecule has 1 N–H and O–H groups in total. The van der Waals surface area contributed by atoms with Gasteiger partial charge < -0.3 is 15.0 Å². The van der Waals surface area contributed by atoms with E-state index in [-0.39, 0.29) is 24.2 Å². The Morgan fingerprint density at radius 2 is 1.79 bits per heavy atom. The summed E-state index contributed by atoms with van der Waals surface area (Å²) in [5.74, 6) is 0.486. The van der Waals surface area contributed by atoms with Gasteiger partial charge in [0.2, 0.25) is 11.8 Å². The highest BCUT2D eigenvalue weighted by Gasteiger charge is 2.36. The van der Waals surface area contributed by atoms with Crippen molar-refractivity contribution in [2.45, 2.75) is 33.6 Å². The Morgan fingerprint density at radius 1 is 1.14 bits per heavy atom. The first-order chi connectivity index (χ1) is 13.4. The van der Waals surface area contributed by atoms with E-state index >= 15 is 0 Å². The molecular weight excluding hydrogens is 352 g/mol. The molecule has 1 aliphatic rings. The number of hydrogen-bond donors (Lipinski definition) is 1. The van der Waals surface area contributed by atoms with Gasteiger partial charge in [-0.2, -0.15) is 0 Å². The average molecular weight is 380 g/mol. The summed E-state index contributed by atoms with van der Waals surface area (Å²) in [4.78, 5) is 26.9. The van der Waals surface area contributed by atoms with Crippen LogP contribution < -0.4 is 15.0 Å². The zero-order chi connectivity index (χ0) is 20.3. The van der Waals surface area contributed by atoms with Crippen molar-refractivity contribution >= 4 is 17.5 Å². The maximum Gasteiger partial charge on any atom is 0.227 e. The van der Waals surface area contributed by atoms with Crippen molar-refractivity contribution in [2.75, 3.05) is 25.1 Å². The van der Waals surface area contributed by atoms with Gasteiger partial charge in [0.1, 0.15) is 5.75 Å². The third-order valence-corrected chi connectivity index (χ3v) is 5.27. The largest absolute Gasteiger partial charge is 0.497 e. The van der Waals surface area contributed by atoms with Crippen molar-refractivity contribution < 1.29 is 14.3 Å². The Kier molecular flexibility index (Phi) is 6.02. The molecule has 1 unspecified atom stereocenters. The Balaban J connectivity index is 1.58. The van der Waals surface area contributed by atoms with E-state index in [2.05, 4.69) is 24.4 Å². The van der Waals surface area contributed by atoms with E-state index in [1.165, 1.54) is 5.56 Å². The summed E-state index contributed by atoms with van der Waals surface area (Å²) < 4.78 is 5.15. The summed E-state index contributed by atoms with van der Waals surface area (Å²) in [6, 6.07) is 12.0. The fraction of sp³-hybridized carbons (Fsp3) is 0.391. The summed E-state index contributed by atoms with van der Waals surface area (Å²) in [5, 5.41) is 2.98. The Bertz CT molecular complexity index is 851. The number of carbonyl (C=O) groups excluding carboxylic acids is 2. The maximum atomic E-state index is 12.6. The van der Waals surface area contributed by atoms with Crippen molar-refractivity contribution in [3.8, 4) is 5.75 Å². The van der Waals surface area contributed by atoms with Crippen LogP contribution in [0.1, 0.15) is 28.7 Å². The first-order valence-corrected chi connectivity index (χ1v) is 9.68. The van der Waals surface area contributed by atoms with Crippen LogP contribution >= 0.6 is 0 Å². The van der Waals surface area contributed by atoms with E-state index in [1.54, 1.807) is 12.0 Å². The molecule has 0 aromatic heterocycles. The molecule has 0 radical (unpaired) electrons. The summed E-state index contributed by atoms with van der Waals surface area (Å²) in [6.07, 6.45) is 1.01. The van der Waals surface area contributed by atoms with Crippen molar-refractivity contribution in [3.63, 3.8) is 0 Å². The van der Waals surface area contributed by atoms with Gasteiger partial charge in [-0.05, 0) is 56.0 Å². The van der Waals surface area contributed by atoms with Gasteiger partial charge in [-0.15, -0.1) is 0 Å². The number of ether oxygens (including phenoxy) is 1. The van der Waals surface area contributed by atoms with Crippen LogP contribution in [0.25, 0.3) is 0 Å². The minimum Gasteiger partial charge on any atom is -0.497 e. The number of aryl methyl sites for hydroxylation is 3. The van der Waals surface area contributed by atoms with Crippen LogP contribution in [-0.2, 0) is 16.0 Å². The van der Waals surface area contributed by atoms with E-state index in [0.29, 0.717) is 13.1 Å². The fourth-order valence-corrected chi connectivity index (χ4v) is 3.96. The molecule has 148 valence electrons. The molecule has 0 saturated carbocycles. The van der Waals surface area contributed by atoms with Gasteiger partial charge in [0.05, 0.1) is 13.0 Å². The number of methoxy groups -OCH3 is 1. The first kappa shape index (κ1) is 19.9. The van der Waals surface area contributed by atoms with Crippen molar-refractivity contribution in [2.24, 2.45) is 5.92 Å². The summed E-state index contributed by atoms with van der Waals surface area (Å²) in [6.45, 7) is 7.08. The molecule has 1 aliphatic heterocycles. The molecule has 0 bridgehead atoms. The zero-order valence-corrected chi connectivity index (χ0v) is 17.0. The molecule has 1 saturated heterocycles. The predicted molar refractivity (Wildman–Crippen MR) is 111 cm³/mol. The maximum absolute atomic E-state index is 12.6. The van der Waals surface area contributed by atoms with E-state index < -0.39 is 0 Å². The molecule has 1 heterocycles. The molecule has 3 rings (SSSR count). The Morgan fingerprint density at radius 3 is 2.39 bits per heavy atom. The molecule has 28 heavy (non-hydrogen) atoms. The van der Waals surface area contributed by atoms with E-state index in [4.69, 9.17) is 4.74 Å². The van der Waals surface area contributed by atoms with Crippen molar-refractivity contribution in [1.29, 1.82) is 0 Å². The van der Waals surface area contributed by atoms with Gasteiger partial charge >= 0.3 is 0 Å². The number of nitrogens with one attached hydrogen (secondary N) is 1. The lowest BCUT2D eigenvalue weighted by Crippen LogP contribution is -2.34. The van der Waals surface area contributed by atoms with E-state index in [9.17, 15) is 9.59 Å². The zero-order valence-electron chi connectivity index (χ0n) is 17.0. The lowest BCUT2D eigenvalue weighted by atomic mass is 10.0. The number of benzene rings is 2. The monoisotopic (exact) mass is 380 g/mol. The third-order valence-electron chi connectivity index (χ3n) is 5.27. The highest BCUT2D eigenvalue weighted by Crippen LogP contribution is 2.31. The molecule has 2 aromatic carbocycles. The molecular formula is C23H28N2O3. The average Bonchev–Trinajstić information content (AvgIpc) is 3.03. The van der Waals surface area contributed by atoms with Crippen molar-refractivity contribution in [3.05, 3.63) is 58.7 Å². The second kappa shape index (κ2) is 8.46. The minimum atomic E-state index is -0.302. The number of hydrogen-bond acceptors (Lipinski definition) is 3. The Labute approximate surface area is 166 Å². The van der Waals surface area contributed by atoms with Crippen LogP contribution in [0.4, 0.5) is 5.69 Å². The predicted octanol–water partition coefficient (Wildman–Crippen LogP) is 3.33. The van der Waals surface area contributed by atoms with Gasteiger partial charge in [-0.3, -0.25) is 9.59 Å². The SMILES string of the molecule is COc1ccc(CCNC(=O)C2CC(=O)N(c3c(C)cc(C)cc3C)C2)cc1. The van der Waals surface area contributed by atoms with Crippen LogP contribution in [0.15, 0.2) is 36.4 Å². The third kappa shape index (κ3) is 4.35. The number of amides is 2. The van der Waals surface area contributed by atoms with Gasteiger partial charge in [0.25, 0.3) is 0 Å². The topological polar surface area (TPSA) is 58.6 Å². The van der Waals surface area contributed by atoms with Crippen LogP contribution in [0, 0.1) is 26.7 Å². The molecule has 5 heteroatoms. The number of nitrogens with zero attached hydrogens (tertiary/aromatic N) is 1. The first-order valence-electron chi connectivity index (χ1n) is 9.68. The second-order valence-electron chi connectivity index (χ2n) is 7.54. The highest BCUT2D eigenvalue weighted by molar-refractivity contribution is 6.01. The standard InChI is InChI=1S/C23H28N2O3/c1-15-11-16(2)22(17(3)12-15)25-14-19(13-21(25)26)23(27)24-10-9-18-5-7-20(28-4)8-6-18/h5-8,11-12,19H,9-10,13-14H2,1-4H3,(H,24,27). The molecule has 2 aromatic rings. The number of rotatable bonds is 6. The van der Waals surface area contributed by atoms with Gasteiger partial charge in [0, 0.05) is 25.2 Å². The summed E-state index contributed by atoms with van der Waals surface area (Å²) in [5.41, 5.74) is 5.41. The molecule has 2 amide bonds. The fourth-order valence-electron chi connectivity index (χ4n) is 3.96. The van der Waals surface area contributed by atoms with Crippen LogP contribution in [0.3, 0.4) is 0 Å². The minimum absolute atomic E-state index is 0.0188. The number of anilines is 1. The number of carbonyl (C=O) groups is 2.